The number of carbonyl (C=O) groups excluding carboxylic acids is 1. The van der Waals surface area contributed by atoms with Crippen LogP contribution in [0.25, 0.3) is 0 Å². The van der Waals surface area contributed by atoms with E-state index in [1.807, 2.05) is 0 Å². The Bertz CT molecular complexity index is 368. The molecular formula is C12H20F3N3O3. The van der Waals surface area contributed by atoms with E-state index in [-0.39, 0.29) is 44.7 Å². The van der Waals surface area contributed by atoms with Crippen molar-refractivity contribution in [2.75, 3.05) is 32.7 Å². The van der Waals surface area contributed by atoms with Gasteiger partial charge in [0.1, 0.15) is 0 Å². The molecule has 2 N–H and O–H groups in total. The second-order valence-electron chi connectivity index (χ2n) is 5.16. The summed E-state index contributed by atoms with van der Waals surface area (Å²) in [5.41, 5.74) is 0. The number of hydrogen-bond acceptors (Lipinski definition) is 3. The van der Waals surface area contributed by atoms with Crippen molar-refractivity contribution in [3.05, 3.63) is 0 Å². The molecule has 9 heteroatoms. The number of nitrogens with zero attached hydrogens (tertiary/aromatic N) is 2. The van der Waals surface area contributed by atoms with Crippen LogP contribution in [-0.4, -0.2) is 71.8 Å². The number of amides is 2. The van der Waals surface area contributed by atoms with Crippen LogP contribution in [0.4, 0.5) is 18.0 Å². The second-order valence-corrected chi connectivity index (χ2v) is 5.16. The normalized spacial score (nSPS) is 18.4. The van der Waals surface area contributed by atoms with E-state index in [1.54, 1.807) is 6.92 Å². The molecule has 1 atom stereocenters. The molecule has 0 radical (unpaired) electrons. The Morgan fingerprint density at radius 3 is 2.29 bits per heavy atom. The van der Waals surface area contributed by atoms with E-state index in [4.69, 9.17) is 5.11 Å². The van der Waals surface area contributed by atoms with Crippen LogP contribution in [0.5, 0.6) is 0 Å². The molecule has 0 saturated carbocycles. The van der Waals surface area contributed by atoms with E-state index in [9.17, 15) is 22.8 Å². The second kappa shape index (κ2) is 7.48. The Labute approximate surface area is 120 Å². The number of piperazine rings is 1. The molecule has 1 heterocycles. The topological polar surface area (TPSA) is 72.9 Å². The Morgan fingerprint density at radius 2 is 1.81 bits per heavy atom. The van der Waals surface area contributed by atoms with Gasteiger partial charge in [-0.15, -0.1) is 0 Å². The highest BCUT2D eigenvalue weighted by molar-refractivity contribution is 5.74. The smallest absolute Gasteiger partial charge is 0.401 e. The van der Waals surface area contributed by atoms with E-state index in [0.717, 1.165) is 0 Å². The average Bonchev–Trinajstić information content (AvgIpc) is 2.35. The number of halogens is 3. The first kappa shape index (κ1) is 17.5. The minimum atomic E-state index is -4.23. The predicted octanol–water partition coefficient (Wildman–Crippen LogP) is 1.13. The molecule has 0 aromatic carbocycles. The summed E-state index contributed by atoms with van der Waals surface area (Å²) in [7, 11) is 0. The fourth-order valence-corrected chi connectivity index (χ4v) is 2.08. The van der Waals surface area contributed by atoms with Gasteiger partial charge in [0.25, 0.3) is 0 Å². The number of rotatable bonds is 5. The third kappa shape index (κ3) is 7.16. The third-order valence-electron chi connectivity index (χ3n) is 3.22. The minimum Gasteiger partial charge on any atom is -0.481 e. The fourth-order valence-electron chi connectivity index (χ4n) is 2.08. The van der Waals surface area contributed by atoms with Gasteiger partial charge in [0.05, 0.1) is 6.54 Å². The molecule has 2 amide bonds. The largest absolute Gasteiger partial charge is 0.481 e. The molecule has 0 aromatic heterocycles. The van der Waals surface area contributed by atoms with Crippen LogP contribution in [-0.2, 0) is 4.79 Å². The molecule has 21 heavy (non-hydrogen) atoms. The van der Waals surface area contributed by atoms with Gasteiger partial charge in [-0.3, -0.25) is 9.69 Å². The zero-order chi connectivity index (χ0) is 16.0. The zero-order valence-corrected chi connectivity index (χ0v) is 11.8. The van der Waals surface area contributed by atoms with Crippen LogP contribution < -0.4 is 5.32 Å². The van der Waals surface area contributed by atoms with Crippen molar-refractivity contribution in [1.29, 1.82) is 0 Å². The molecule has 1 saturated heterocycles. The van der Waals surface area contributed by atoms with Crippen LogP contribution in [0.2, 0.25) is 0 Å². The molecule has 1 aliphatic rings. The lowest BCUT2D eigenvalue weighted by molar-refractivity contribution is -0.148. The van der Waals surface area contributed by atoms with Crippen molar-refractivity contribution in [1.82, 2.24) is 15.1 Å². The van der Waals surface area contributed by atoms with Crippen molar-refractivity contribution >= 4 is 12.0 Å². The number of carbonyl (C=O) groups is 2. The molecule has 1 fully saturated rings. The Morgan fingerprint density at radius 1 is 1.24 bits per heavy atom. The van der Waals surface area contributed by atoms with Crippen LogP contribution in [0.3, 0.4) is 0 Å². The maximum atomic E-state index is 12.2. The highest BCUT2D eigenvalue weighted by Gasteiger charge is 2.32. The molecular weight excluding hydrogens is 291 g/mol. The number of aliphatic carboxylic acids is 1. The molecule has 0 aromatic rings. The molecule has 122 valence electrons. The lowest BCUT2D eigenvalue weighted by Crippen LogP contribution is -2.54. The Hall–Kier alpha value is -1.51. The minimum absolute atomic E-state index is 0.0409. The monoisotopic (exact) mass is 311 g/mol. The summed E-state index contributed by atoms with van der Waals surface area (Å²) >= 11 is 0. The van der Waals surface area contributed by atoms with Crippen LogP contribution in [0.15, 0.2) is 0 Å². The summed E-state index contributed by atoms with van der Waals surface area (Å²) in [5, 5.41) is 11.2. The van der Waals surface area contributed by atoms with Gasteiger partial charge >= 0.3 is 18.2 Å². The van der Waals surface area contributed by atoms with Gasteiger partial charge in [-0.1, -0.05) is 0 Å². The summed E-state index contributed by atoms with van der Waals surface area (Å²) in [5.74, 6) is -0.933. The van der Waals surface area contributed by atoms with Crippen LogP contribution in [0.1, 0.15) is 19.8 Å². The van der Waals surface area contributed by atoms with Crippen molar-refractivity contribution in [2.24, 2.45) is 0 Å². The zero-order valence-electron chi connectivity index (χ0n) is 11.8. The van der Waals surface area contributed by atoms with Crippen LogP contribution in [0, 0.1) is 0 Å². The summed E-state index contributed by atoms with van der Waals surface area (Å²) in [6, 6.07) is -0.652. The van der Waals surface area contributed by atoms with E-state index >= 15 is 0 Å². The van der Waals surface area contributed by atoms with Gasteiger partial charge in [0, 0.05) is 38.6 Å². The predicted molar refractivity (Wildman–Crippen MR) is 68.9 cm³/mol. The SMILES string of the molecule is CC(CCC(=O)O)NC(=O)N1CCN(CC(F)(F)F)CC1. The average molecular weight is 311 g/mol. The quantitative estimate of drug-likeness (QED) is 0.798. The third-order valence-corrected chi connectivity index (χ3v) is 3.22. The maximum absolute atomic E-state index is 12.2. The standard InChI is InChI=1S/C12H20F3N3O3/c1-9(2-3-10(19)20)16-11(21)18-6-4-17(5-7-18)8-12(13,14)15/h9H,2-8H2,1H3,(H,16,21)(H,19,20). The molecule has 6 nitrogen and oxygen atoms in total. The molecule has 1 aliphatic heterocycles. The van der Waals surface area contributed by atoms with Crippen molar-refractivity contribution in [2.45, 2.75) is 32.0 Å². The van der Waals surface area contributed by atoms with Crippen molar-refractivity contribution in [3.8, 4) is 0 Å². The van der Waals surface area contributed by atoms with Gasteiger partial charge in [0.2, 0.25) is 0 Å². The van der Waals surface area contributed by atoms with Gasteiger partial charge < -0.3 is 15.3 Å². The first-order valence-electron chi connectivity index (χ1n) is 6.73. The maximum Gasteiger partial charge on any atom is 0.401 e. The Kier molecular flexibility index (Phi) is 6.25. The lowest BCUT2D eigenvalue weighted by Gasteiger charge is -2.35. The van der Waals surface area contributed by atoms with E-state index in [1.165, 1.54) is 9.80 Å². The number of hydrogen-bond donors (Lipinski definition) is 2. The van der Waals surface area contributed by atoms with Crippen molar-refractivity contribution < 1.29 is 27.9 Å². The van der Waals surface area contributed by atoms with Crippen molar-refractivity contribution in [3.63, 3.8) is 0 Å². The highest BCUT2D eigenvalue weighted by atomic mass is 19.4. The van der Waals surface area contributed by atoms with Gasteiger partial charge in [0.15, 0.2) is 0 Å². The molecule has 1 rings (SSSR count). The van der Waals surface area contributed by atoms with Gasteiger partial charge in [-0.25, -0.2) is 4.79 Å². The van der Waals surface area contributed by atoms with Gasteiger partial charge in [-0.2, -0.15) is 13.2 Å². The fraction of sp³-hybridized carbons (Fsp3) is 0.833. The van der Waals surface area contributed by atoms with Crippen LogP contribution >= 0.6 is 0 Å². The lowest BCUT2D eigenvalue weighted by atomic mass is 10.2. The molecule has 0 aliphatic carbocycles. The molecule has 0 spiro atoms. The number of urea groups is 1. The first-order chi connectivity index (χ1) is 9.67. The number of alkyl halides is 3. The van der Waals surface area contributed by atoms with E-state index < -0.39 is 18.7 Å². The van der Waals surface area contributed by atoms with E-state index in [2.05, 4.69) is 5.32 Å². The first-order valence-corrected chi connectivity index (χ1v) is 6.73. The van der Waals surface area contributed by atoms with E-state index in [0.29, 0.717) is 6.42 Å². The summed E-state index contributed by atoms with van der Waals surface area (Å²) in [6.07, 6.45) is -3.95. The number of carboxylic acids is 1. The highest BCUT2D eigenvalue weighted by Crippen LogP contribution is 2.17. The summed E-state index contributed by atoms with van der Waals surface area (Å²) in [6.45, 7) is 1.55. The summed E-state index contributed by atoms with van der Waals surface area (Å²) in [4.78, 5) is 25.0. The number of nitrogens with one attached hydrogen (secondary N) is 1. The Balaban J connectivity index is 2.30. The van der Waals surface area contributed by atoms with Gasteiger partial charge in [-0.05, 0) is 13.3 Å². The number of carboxylic acid groups (broad SMARTS) is 1. The molecule has 0 bridgehead atoms. The molecule has 1 unspecified atom stereocenters. The summed E-state index contributed by atoms with van der Waals surface area (Å²) < 4.78 is 36.7.